The van der Waals surface area contributed by atoms with Crippen LogP contribution in [0, 0.1) is 0 Å². The van der Waals surface area contributed by atoms with Crippen LogP contribution in [0.5, 0.6) is 0 Å². The van der Waals surface area contributed by atoms with E-state index in [1.165, 1.54) is 0 Å². The van der Waals surface area contributed by atoms with Gasteiger partial charge in [0.2, 0.25) is 6.29 Å². The molecule has 1 fully saturated rings. The van der Waals surface area contributed by atoms with Gasteiger partial charge >= 0.3 is 5.97 Å². The topological polar surface area (TPSA) is 40.5 Å². The van der Waals surface area contributed by atoms with Crippen LogP contribution in [0.15, 0.2) is 78.9 Å². The number of aromatic nitrogens is 1. The number of hydrogen-bond acceptors (Lipinski definition) is 3. The SMILES string of the molecule is O=C(OC1CCCCO1)C(c1ccccc1)n1c2ccccc2c2ccccc21. The molecule has 1 aromatic heterocycles. The van der Waals surface area contributed by atoms with Crippen LogP contribution in [0.2, 0.25) is 0 Å². The van der Waals surface area contributed by atoms with E-state index in [-0.39, 0.29) is 5.97 Å². The third-order valence-corrected chi connectivity index (χ3v) is 5.60. The van der Waals surface area contributed by atoms with E-state index in [0.717, 1.165) is 46.6 Å². The van der Waals surface area contributed by atoms with Crippen LogP contribution < -0.4 is 0 Å². The predicted octanol–water partition coefficient (Wildman–Crippen LogP) is 5.45. The van der Waals surface area contributed by atoms with Crippen LogP contribution in [0.3, 0.4) is 0 Å². The maximum Gasteiger partial charge on any atom is 0.336 e. The predicted molar refractivity (Wildman–Crippen MR) is 114 cm³/mol. The highest BCUT2D eigenvalue weighted by molar-refractivity contribution is 6.09. The van der Waals surface area contributed by atoms with E-state index in [4.69, 9.17) is 9.47 Å². The molecule has 2 unspecified atom stereocenters. The number of nitrogens with zero attached hydrogens (tertiary/aromatic N) is 1. The molecule has 0 N–H and O–H groups in total. The zero-order valence-electron chi connectivity index (χ0n) is 16.2. The number of hydrogen-bond donors (Lipinski definition) is 0. The van der Waals surface area contributed by atoms with Crippen LogP contribution >= 0.6 is 0 Å². The third-order valence-electron chi connectivity index (χ3n) is 5.60. The number of benzene rings is 3. The molecular formula is C25H23NO3. The van der Waals surface area contributed by atoms with Crippen LogP contribution in [-0.2, 0) is 14.3 Å². The van der Waals surface area contributed by atoms with Crippen molar-refractivity contribution < 1.29 is 14.3 Å². The highest BCUT2D eigenvalue weighted by Gasteiger charge is 2.30. The van der Waals surface area contributed by atoms with E-state index in [2.05, 4.69) is 28.8 Å². The van der Waals surface area contributed by atoms with Gasteiger partial charge in [-0.2, -0.15) is 0 Å². The van der Waals surface area contributed by atoms with Crippen molar-refractivity contribution >= 4 is 27.8 Å². The van der Waals surface area contributed by atoms with Gasteiger partial charge in [0.25, 0.3) is 0 Å². The standard InChI is InChI=1S/C25H23NO3/c27-25(29-23-16-8-9-17-28-23)24(18-10-2-1-3-11-18)26-21-14-6-4-12-19(21)20-13-5-7-15-22(20)26/h1-7,10-15,23-24H,8-9,16-17H2. The summed E-state index contributed by atoms with van der Waals surface area (Å²) >= 11 is 0. The van der Waals surface area contributed by atoms with Crippen LogP contribution in [-0.4, -0.2) is 23.4 Å². The number of para-hydroxylation sites is 2. The summed E-state index contributed by atoms with van der Waals surface area (Å²) in [5.74, 6) is -0.283. The first-order chi connectivity index (χ1) is 14.3. The van der Waals surface area contributed by atoms with Crippen LogP contribution in [0.4, 0.5) is 0 Å². The fraction of sp³-hybridized carbons (Fsp3) is 0.240. The van der Waals surface area contributed by atoms with E-state index in [9.17, 15) is 4.79 Å². The summed E-state index contributed by atoms with van der Waals surface area (Å²) < 4.78 is 13.6. The molecule has 2 heterocycles. The minimum absolute atomic E-state index is 0.283. The van der Waals surface area contributed by atoms with Crippen LogP contribution in [0.1, 0.15) is 30.9 Å². The zero-order chi connectivity index (χ0) is 19.6. The Bertz CT molecular complexity index is 1090. The molecule has 3 aromatic carbocycles. The molecule has 1 aliphatic rings. The molecule has 0 saturated carbocycles. The molecule has 1 saturated heterocycles. The summed E-state index contributed by atoms with van der Waals surface area (Å²) in [6.07, 6.45) is 2.32. The van der Waals surface area contributed by atoms with Crippen molar-refractivity contribution in [3.8, 4) is 0 Å². The molecule has 2 atom stereocenters. The van der Waals surface area contributed by atoms with Crippen molar-refractivity contribution in [3.05, 3.63) is 84.4 Å². The molecule has 0 aliphatic carbocycles. The van der Waals surface area contributed by atoms with E-state index >= 15 is 0 Å². The average molecular weight is 385 g/mol. The number of carbonyl (C=O) groups is 1. The fourth-order valence-electron chi connectivity index (χ4n) is 4.25. The maximum absolute atomic E-state index is 13.5. The van der Waals surface area contributed by atoms with Crippen molar-refractivity contribution in [1.29, 1.82) is 0 Å². The highest BCUT2D eigenvalue weighted by Crippen LogP contribution is 2.35. The molecule has 1 aliphatic heterocycles. The van der Waals surface area contributed by atoms with E-state index in [1.54, 1.807) is 0 Å². The lowest BCUT2D eigenvalue weighted by atomic mass is 10.1. The maximum atomic E-state index is 13.5. The highest BCUT2D eigenvalue weighted by atomic mass is 16.7. The minimum atomic E-state index is -0.577. The van der Waals surface area contributed by atoms with Crippen molar-refractivity contribution in [1.82, 2.24) is 4.57 Å². The largest absolute Gasteiger partial charge is 0.434 e. The molecule has 0 spiro atoms. The first kappa shape index (κ1) is 18.0. The van der Waals surface area contributed by atoms with E-state index in [1.807, 2.05) is 54.6 Å². The Morgan fingerprint density at radius 2 is 1.48 bits per heavy atom. The Hall–Kier alpha value is -3.11. The van der Waals surface area contributed by atoms with E-state index < -0.39 is 12.3 Å². The summed E-state index contributed by atoms with van der Waals surface area (Å²) in [5, 5.41) is 2.26. The summed E-state index contributed by atoms with van der Waals surface area (Å²) in [7, 11) is 0. The fourth-order valence-corrected chi connectivity index (χ4v) is 4.25. The number of fused-ring (bicyclic) bond motifs is 3. The van der Waals surface area contributed by atoms with Gasteiger partial charge in [-0.25, -0.2) is 4.79 Å². The minimum Gasteiger partial charge on any atom is -0.434 e. The summed E-state index contributed by atoms with van der Waals surface area (Å²) in [4.78, 5) is 13.5. The Kier molecular flexibility index (Phi) is 4.78. The number of rotatable bonds is 4. The number of ether oxygens (including phenoxy) is 2. The van der Waals surface area contributed by atoms with Crippen LogP contribution in [0.25, 0.3) is 21.8 Å². The lowest BCUT2D eigenvalue weighted by molar-refractivity contribution is -0.188. The van der Waals surface area contributed by atoms with Gasteiger partial charge in [0, 0.05) is 17.2 Å². The second kappa shape index (κ2) is 7.72. The molecular weight excluding hydrogens is 362 g/mol. The third kappa shape index (κ3) is 3.30. The Labute approximate surface area is 169 Å². The Balaban J connectivity index is 1.68. The Morgan fingerprint density at radius 1 is 0.862 bits per heavy atom. The van der Waals surface area contributed by atoms with Gasteiger partial charge in [-0.05, 0) is 30.5 Å². The molecule has 29 heavy (non-hydrogen) atoms. The molecule has 4 nitrogen and oxygen atoms in total. The number of esters is 1. The normalized spacial score (nSPS) is 18.0. The molecule has 4 aromatic rings. The molecule has 0 bridgehead atoms. The quantitative estimate of drug-likeness (QED) is 0.438. The number of carbonyl (C=O) groups excluding carboxylic acids is 1. The lowest BCUT2D eigenvalue weighted by Gasteiger charge is -2.26. The molecule has 146 valence electrons. The molecule has 4 heteroatoms. The van der Waals surface area contributed by atoms with Crippen molar-refractivity contribution in [2.45, 2.75) is 31.6 Å². The first-order valence-electron chi connectivity index (χ1n) is 10.2. The average Bonchev–Trinajstić information content (AvgIpc) is 3.10. The van der Waals surface area contributed by atoms with Crippen molar-refractivity contribution in [2.24, 2.45) is 0 Å². The molecule has 0 radical (unpaired) electrons. The second-order valence-corrected chi connectivity index (χ2v) is 7.45. The van der Waals surface area contributed by atoms with Gasteiger partial charge in [0.1, 0.15) is 0 Å². The second-order valence-electron chi connectivity index (χ2n) is 7.45. The smallest absolute Gasteiger partial charge is 0.336 e. The van der Waals surface area contributed by atoms with Crippen molar-refractivity contribution in [2.75, 3.05) is 6.61 Å². The Morgan fingerprint density at radius 3 is 2.10 bits per heavy atom. The van der Waals surface area contributed by atoms with Gasteiger partial charge in [-0.3, -0.25) is 0 Å². The molecule has 0 amide bonds. The first-order valence-corrected chi connectivity index (χ1v) is 10.2. The van der Waals surface area contributed by atoms with Gasteiger partial charge in [0.05, 0.1) is 17.6 Å². The van der Waals surface area contributed by atoms with Gasteiger partial charge in [0.15, 0.2) is 6.04 Å². The van der Waals surface area contributed by atoms with E-state index in [0.29, 0.717) is 6.61 Å². The van der Waals surface area contributed by atoms with Gasteiger partial charge < -0.3 is 14.0 Å². The van der Waals surface area contributed by atoms with Crippen molar-refractivity contribution in [3.63, 3.8) is 0 Å². The van der Waals surface area contributed by atoms with Gasteiger partial charge in [-0.15, -0.1) is 0 Å². The zero-order valence-corrected chi connectivity index (χ0v) is 16.2. The summed E-state index contributed by atoms with van der Waals surface area (Å²) in [6.45, 7) is 0.642. The lowest BCUT2D eigenvalue weighted by Crippen LogP contribution is -2.30. The summed E-state index contributed by atoms with van der Waals surface area (Å²) in [6, 6.07) is 25.7. The molecule has 5 rings (SSSR count). The summed E-state index contributed by atoms with van der Waals surface area (Å²) in [5.41, 5.74) is 2.94. The van der Waals surface area contributed by atoms with Gasteiger partial charge in [-0.1, -0.05) is 66.7 Å². The monoisotopic (exact) mass is 385 g/mol.